The van der Waals surface area contributed by atoms with Crippen molar-refractivity contribution in [2.45, 2.75) is 25.4 Å². The number of halogens is 1. The average molecular weight is 418 g/mol. The lowest BCUT2D eigenvalue weighted by Gasteiger charge is -2.33. The molecular formula is C23H20BrN3. The number of nitrogens with zero attached hydrogens (tertiary/aromatic N) is 2. The lowest BCUT2D eigenvalue weighted by atomic mass is 9.92. The van der Waals surface area contributed by atoms with Crippen LogP contribution in [-0.2, 0) is 0 Å². The van der Waals surface area contributed by atoms with Crippen LogP contribution in [0.25, 0.3) is 11.0 Å². The van der Waals surface area contributed by atoms with Crippen molar-refractivity contribution in [1.29, 1.82) is 0 Å². The molecule has 0 saturated heterocycles. The number of hydrogen-bond donors (Lipinski definition) is 1. The molecule has 3 nitrogen and oxygen atoms in total. The summed E-state index contributed by atoms with van der Waals surface area (Å²) in [5, 5.41) is 3.67. The summed E-state index contributed by atoms with van der Waals surface area (Å²) in [5.74, 6) is 0.945. The largest absolute Gasteiger partial charge is 0.349 e. The van der Waals surface area contributed by atoms with Crippen LogP contribution in [0.15, 0.2) is 77.3 Å². The monoisotopic (exact) mass is 417 g/mol. The van der Waals surface area contributed by atoms with Crippen LogP contribution in [0.1, 0.15) is 35.2 Å². The third kappa shape index (κ3) is 2.94. The smallest absolute Gasteiger partial charge is 0.204 e. The summed E-state index contributed by atoms with van der Waals surface area (Å²) in [6, 6.07) is 26.4. The molecule has 0 unspecified atom stereocenters. The van der Waals surface area contributed by atoms with Gasteiger partial charge < -0.3 is 9.88 Å². The zero-order valence-corrected chi connectivity index (χ0v) is 16.6. The molecule has 0 spiro atoms. The van der Waals surface area contributed by atoms with Crippen molar-refractivity contribution >= 4 is 32.9 Å². The SMILES string of the molecule is Cc1ccc([C@@H]2C[C@H](c3ccc(Br)cc3)Nc3nc4ccccc4n32)cc1. The van der Waals surface area contributed by atoms with E-state index in [4.69, 9.17) is 4.98 Å². The summed E-state index contributed by atoms with van der Waals surface area (Å²) >= 11 is 3.54. The first-order valence-electron chi connectivity index (χ1n) is 9.24. The fourth-order valence-electron chi connectivity index (χ4n) is 3.99. The van der Waals surface area contributed by atoms with Crippen LogP contribution in [0.5, 0.6) is 0 Å². The van der Waals surface area contributed by atoms with Crippen LogP contribution in [0.2, 0.25) is 0 Å². The standard InChI is InChI=1S/C23H20BrN3/c1-15-6-8-17(9-7-15)22-14-20(16-10-12-18(24)13-11-16)26-23-25-19-4-2-3-5-21(19)27(22)23/h2-13,20,22H,14H2,1H3,(H,25,26)/t20-,22+/m1/s1. The second-order valence-electron chi connectivity index (χ2n) is 7.20. The van der Waals surface area contributed by atoms with Gasteiger partial charge in [-0.15, -0.1) is 0 Å². The molecule has 1 aliphatic rings. The van der Waals surface area contributed by atoms with E-state index in [1.54, 1.807) is 0 Å². The number of hydrogen-bond acceptors (Lipinski definition) is 2. The lowest BCUT2D eigenvalue weighted by Crippen LogP contribution is -2.27. The maximum atomic E-state index is 4.88. The van der Waals surface area contributed by atoms with E-state index in [9.17, 15) is 0 Å². The predicted octanol–water partition coefficient (Wildman–Crippen LogP) is 6.25. The molecule has 2 heterocycles. The molecule has 1 N–H and O–H groups in total. The number of aromatic nitrogens is 2. The number of benzene rings is 3. The Labute approximate surface area is 167 Å². The maximum Gasteiger partial charge on any atom is 0.204 e. The minimum atomic E-state index is 0.230. The number of nitrogens with one attached hydrogen (secondary N) is 1. The summed E-state index contributed by atoms with van der Waals surface area (Å²) in [6.45, 7) is 2.13. The van der Waals surface area contributed by atoms with Gasteiger partial charge in [-0.1, -0.05) is 70.0 Å². The van der Waals surface area contributed by atoms with Crippen LogP contribution in [0.3, 0.4) is 0 Å². The van der Waals surface area contributed by atoms with Gasteiger partial charge in [-0.2, -0.15) is 0 Å². The van der Waals surface area contributed by atoms with E-state index in [1.165, 1.54) is 22.2 Å². The first-order valence-corrected chi connectivity index (χ1v) is 10.0. The van der Waals surface area contributed by atoms with Gasteiger partial charge in [0, 0.05) is 4.47 Å². The molecule has 27 heavy (non-hydrogen) atoms. The van der Waals surface area contributed by atoms with Crippen molar-refractivity contribution < 1.29 is 0 Å². The van der Waals surface area contributed by atoms with Gasteiger partial charge in [0.1, 0.15) is 0 Å². The van der Waals surface area contributed by atoms with Crippen LogP contribution in [0.4, 0.5) is 5.95 Å². The third-order valence-electron chi connectivity index (χ3n) is 5.40. The minimum absolute atomic E-state index is 0.230. The number of rotatable bonds is 2. The fraction of sp³-hybridized carbons (Fsp3) is 0.174. The van der Waals surface area contributed by atoms with Crippen molar-refractivity contribution in [3.05, 3.63) is 94.0 Å². The number of para-hydroxylation sites is 2. The highest BCUT2D eigenvalue weighted by atomic mass is 79.9. The van der Waals surface area contributed by atoms with Crippen molar-refractivity contribution in [3.8, 4) is 0 Å². The van der Waals surface area contributed by atoms with Gasteiger partial charge >= 0.3 is 0 Å². The summed E-state index contributed by atoms with van der Waals surface area (Å²) < 4.78 is 3.46. The van der Waals surface area contributed by atoms with E-state index in [1.807, 2.05) is 0 Å². The predicted molar refractivity (Wildman–Crippen MR) is 114 cm³/mol. The summed E-state index contributed by atoms with van der Waals surface area (Å²) in [4.78, 5) is 4.88. The number of fused-ring (bicyclic) bond motifs is 3. The Bertz CT molecular complexity index is 1100. The van der Waals surface area contributed by atoms with Gasteiger partial charge in [0.25, 0.3) is 0 Å². The minimum Gasteiger partial charge on any atom is -0.349 e. The maximum absolute atomic E-state index is 4.88. The van der Waals surface area contributed by atoms with Gasteiger partial charge in [-0.3, -0.25) is 0 Å². The molecule has 0 bridgehead atoms. The Balaban J connectivity index is 1.65. The quantitative estimate of drug-likeness (QED) is 0.417. The first kappa shape index (κ1) is 16.6. The Morgan fingerprint density at radius 2 is 1.63 bits per heavy atom. The van der Waals surface area contributed by atoms with Gasteiger partial charge in [-0.25, -0.2) is 4.98 Å². The van der Waals surface area contributed by atoms with Gasteiger partial charge in [0.2, 0.25) is 5.95 Å². The summed E-state index contributed by atoms with van der Waals surface area (Å²) in [5.41, 5.74) is 6.11. The molecule has 0 saturated carbocycles. The van der Waals surface area contributed by atoms with Crippen LogP contribution in [-0.4, -0.2) is 9.55 Å². The second-order valence-corrected chi connectivity index (χ2v) is 8.12. The highest BCUT2D eigenvalue weighted by Crippen LogP contribution is 2.41. The van der Waals surface area contributed by atoms with E-state index < -0.39 is 0 Å². The topological polar surface area (TPSA) is 29.9 Å². The summed E-state index contributed by atoms with van der Waals surface area (Å²) in [6.07, 6.45) is 0.984. The van der Waals surface area contributed by atoms with E-state index in [-0.39, 0.29) is 12.1 Å². The Kier molecular flexibility index (Phi) is 4.01. The number of aryl methyl sites for hydroxylation is 1. The molecule has 3 aromatic carbocycles. The zero-order chi connectivity index (χ0) is 18.4. The number of anilines is 1. The van der Waals surface area contributed by atoms with Crippen molar-refractivity contribution in [3.63, 3.8) is 0 Å². The molecule has 5 rings (SSSR count). The van der Waals surface area contributed by atoms with Crippen LogP contribution >= 0.6 is 15.9 Å². The van der Waals surface area contributed by atoms with Crippen molar-refractivity contribution in [1.82, 2.24) is 9.55 Å². The average Bonchev–Trinajstić information content (AvgIpc) is 3.07. The van der Waals surface area contributed by atoms with E-state index in [0.717, 1.165) is 22.4 Å². The normalized spacial score (nSPS) is 18.9. The van der Waals surface area contributed by atoms with Crippen LogP contribution in [0, 0.1) is 6.92 Å². The molecule has 0 fully saturated rings. The molecular weight excluding hydrogens is 398 g/mol. The molecule has 0 radical (unpaired) electrons. The van der Waals surface area contributed by atoms with Gasteiger partial charge in [0.05, 0.1) is 23.1 Å². The highest BCUT2D eigenvalue weighted by Gasteiger charge is 2.30. The molecule has 1 aliphatic heterocycles. The molecule has 1 aromatic heterocycles. The number of imidazole rings is 1. The first-order chi connectivity index (χ1) is 13.2. The zero-order valence-electron chi connectivity index (χ0n) is 15.1. The molecule has 134 valence electrons. The molecule has 0 amide bonds. The van der Waals surface area contributed by atoms with Gasteiger partial charge in [-0.05, 0) is 48.7 Å². The van der Waals surface area contributed by atoms with Crippen LogP contribution < -0.4 is 5.32 Å². The second kappa shape index (κ2) is 6.54. The highest BCUT2D eigenvalue weighted by molar-refractivity contribution is 9.10. The van der Waals surface area contributed by atoms with E-state index in [2.05, 4.69) is 106 Å². The lowest BCUT2D eigenvalue weighted by molar-refractivity contribution is 0.477. The molecule has 4 aromatic rings. The van der Waals surface area contributed by atoms with Crippen molar-refractivity contribution in [2.24, 2.45) is 0 Å². The third-order valence-corrected chi connectivity index (χ3v) is 5.93. The van der Waals surface area contributed by atoms with Gasteiger partial charge in [0.15, 0.2) is 0 Å². The Hall–Kier alpha value is -2.59. The fourth-order valence-corrected chi connectivity index (χ4v) is 4.26. The molecule has 0 aliphatic carbocycles. The Morgan fingerprint density at radius 3 is 2.41 bits per heavy atom. The summed E-state index contributed by atoms with van der Waals surface area (Å²) in [7, 11) is 0. The molecule has 4 heteroatoms. The van der Waals surface area contributed by atoms with E-state index in [0.29, 0.717) is 0 Å². The Morgan fingerprint density at radius 1 is 0.926 bits per heavy atom. The molecule has 2 atom stereocenters. The van der Waals surface area contributed by atoms with E-state index >= 15 is 0 Å². The van der Waals surface area contributed by atoms with Crippen molar-refractivity contribution in [2.75, 3.05) is 5.32 Å².